The van der Waals surface area contributed by atoms with E-state index >= 15 is 0 Å². The Bertz CT molecular complexity index is 979. The van der Waals surface area contributed by atoms with E-state index in [0.717, 1.165) is 44.2 Å². The zero-order valence-corrected chi connectivity index (χ0v) is 16.7. The molecule has 1 aliphatic heterocycles. The van der Waals surface area contributed by atoms with E-state index < -0.39 is 5.97 Å². The Labute approximate surface area is 168 Å². The topological polar surface area (TPSA) is 72.5 Å². The highest BCUT2D eigenvalue weighted by atomic mass is 32.2. The Kier molecular flexibility index (Phi) is 5.54. The van der Waals surface area contributed by atoms with Gasteiger partial charge in [0.15, 0.2) is 0 Å². The number of rotatable bonds is 6. The molecule has 6 nitrogen and oxygen atoms in total. The summed E-state index contributed by atoms with van der Waals surface area (Å²) in [4.78, 5) is 23.9. The van der Waals surface area contributed by atoms with E-state index in [1.54, 1.807) is 12.1 Å². The second kappa shape index (κ2) is 8.24. The van der Waals surface area contributed by atoms with Gasteiger partial charge in [-0.3, -0.25) is 4.90 Å². The van der Waals surface area contributed by atoms with Gasteiger partial charge >= 0.3 is 5.97 Å². The van der Waals surface area contributed by atoms with Gasteiger partial charge in [-0.2, -0.15) is 0 Å². The second-order valence-electron chi connectivity index (χ2n) is 7.00. The van der Waals surface area contributed by atoms with Crippen LogP contribution in [0.4, 0.5) is 5.69 Å². The number of carboxylic acids is 1. The first kappa shape index (κ1) is 18.8. The Morgan fingerprint density at radius 3 is 2.79 bits per heavy atom. The number of hydrogen-bond acceptors (Lipinski definition) is 5. The number of aromatic nitrogens is 2. The fourth-order valence-corrected chi connectivity index (χ4v) is 4.70. The van der Waals surface area contributed by atoms with Crippen molar-refractivity contribution in [1.29, 1.82) is 0 Å². The molecule has 3 heterocycles. The quantitative estimate of drug-likeness (QED) is 0.622. The highest BCUT2D eigenvalue weighted by Gasteiger charge is 2.19. The summed E-state index contributed by atoms with van der Waals surface area (Å²) in [6.07, 6.45) is 1.99. The molecule has 7 heteroatoms. The van der Waals surface area contributed by atoms with E-state index in [4.69, 9.17) is 0 Å². The lowest BCUT2D eigenvalue weighted by molar-refractivity contribution is 0.0692. The zero-order chi connectivity index (χ0) is 19.5. The number of H-pyrrole nitrogens is 1. The molecular weight excluding hydrogens is 372 g/mol. The standard InChI is InChI=1S/C21H24N4O2S/c1-15-5-6-17(21(26)27)20(23-15)28-14-13-24-9-11-25(12-10-24)19-4-2-3-18-16(19)7-8-22-18/h2-8,22H,9-14H2,1H3,(H,26,27). The van der Waals surface area contributed by atoms with Crippen LogP contribution in [0.25, 0.3) is 10.9 Å². The van der Waals surface area contributed by atoms with Gasteiger partial charge in [0.2, 0.25) is 0 Å². The summed E-state index contributed by atoms with van der Waals surface area (Å²) in [7, 11) is 0. The Balaban J connectivity index is 1.31. The van der Waals surface area contributed by atoms with Crippen LogP contribution in [0.1, 0.15) is 16.1 Å². The molecule has 2 N–H and O–H groups in total. The van der Waals surface area contributed by atoms with E-state index in [0.29, 0.717) is 10.6 Å². The van der Waals surface area contributed by atoms with Crippen molar-refractivity contribution in [3.05, 3.63) is 53.9 Å². The van der Waals surface area contributed by atoms with Crippen LogP contribution >= 0.6 is 11.8 Å². The summed E-state index contributed by atoms with van der Waals surface area (Å²) in [5, 5.41) is 11.2. The maximum absolute atomic E-state index is 11.4. The molecule has 0 amide bonds. The molecule has 28 heavy (non-hydrogen) atoms. The molecule has 0 bridgehead atoms. The highest BCUT2D eigenvalue weighted by molar-refractivity contribution is 7.99. The number of aromatic amines is 1. The third-order valence-corrected chi connectivity index (χ3v) is 6.13. The third kappa shape index (κ3) is 4.00. The summed E-state index contributed by atoms with van der Waals surface area (Å²) in [6.45, 7) is 6.83. The van der Waals surface area contributed by atoms with Gasteiger partial charge in [-0.25, -0.2) is 9.78 Å². The fraction of sp³-hybridized carbons (Fsp3) is 0.333. The number of aromatic carboxylic acids is 1. The number of thioether (sulfide) groups is 1. The van der Waals surface area contributed by atoms with Crippen molar-refractivity contribution in [1.82, 2.24) is 14.9 Å². The molecule has 0 aliphatic carbocycles. The van der Waals surface area contributed by atoms with E-state index in [-0.39, 0.29) is 0 Å². The Morgan fingerprint density at radius 2 is 2.00 bits per heavy atom. The number of carbonyl (C=O) groups is 1. The largest absolute Gasteiger partial charge is 0.478 e. The number of hydrogen-bond donors (Lipinski definition) is 2. The highest BCUT2D eigenvalue weighted by Crippen LogP contribution is 2.27. The van der Waals surface area contributed by atoms with Crippen LogP contribution in [0, 0.1) is 6.92 Å². The van der Waals surface area contributed by atoms with Gasteiger partial charge in [-0.15, -0.1) is 11.8 Å². The van der Waals surface area contributed by atoms with Gasteiger partial charge in [0.05, 0.1) is 5.56 Å². The SMILES string of the molecule is Cc1ccc(C(=O)O)c(SCCN2CCN(c3cccc4[nH]ccc34)CC2)n1. The summed E-state index contributed by atoms with van der Waals surface area (Å²) < 4.78 is 0. The number of benzene rings is 1. The average molecular weight is 397 g/mol. The first-order valence-corrected chi connectivity index (χ1v) is 10.5. The van der Waals surface area contributed by atoms with Crippen LogP contribution < -0.4 is 4.90 Å². The van der Waals surface area contributed by atoms with Crippen molar-refractivity contribution in [3.8, 4) is 0 Å². The van der Waals surface area contributed by atoms with Gasteiger partial charge in [-0.1, -0.05) is 6.07 Å². The van der Waals surface area contributed by atoms with Crippen molar-refractivity contribution >= 4 is 34.3 Å². The molecule has 146 valence electrons. The average Bonchev–Trinajstić information content (AvgIpc) is 3.17. The minimum Gasteiger partial charge on any atom is -0.478 e. The van der Waals surface area contributed by atoms with Gasteiger partial charge in [0.25, 0.3) is 0 Å². The van der Waals surface area contributed by atoms with E-state index in [1.165, 1.54) is 28.4 Å². The summed E-state index contributed by atoms with van der Waals surface area (Å²) in [6, 6.07) is 11.9. The predicted molar refractivity (Wildman–Crippen MR) is 114 cm³/mol. The van der Waals surface area contributed by atoms with Gasteiger partial charge in [0, 0.05) is 67.0 Å². The lowest BCUT2D eigenvalue weighted by Gasteiger charge is -2.36. The number of fused-ring (bicyclic) bond motifs is 1. The zero-order valence-electron chi connectivity index (χ0n) is 15.9. The van der Waals surface area contributed by atoms with Gasteiger partial charge in [-0.05, 0) is 37.3 Å². The minimum atomic E-state index is -0.914. The van der Waals surface area contributed by atoms with Crippen LogP contribution in [0.3, 0.4) is 0 Å². The molecule has 0 saturated carbocycles. The summed E-state index contributed by atoms with van der Waals surface area (Å²) in [5.41, 5.74) is 3.61. The van der Waals surface area contributed by atoms with Crippen LogP contribution in [0.2, 0.25) is 0 Å². The Hall–Kier alpha value is -2.51. The van der Waals surface area contributed by atoms with Crippen molar-refractivity contribution in [2.75, 3.05) is 43.4 Å². The molecule has 1 fully saturated rings. The van der Waals surface area contributed by atoms with E-state index in [9.17, 15) is 9.90 Å². The molecule has 0 radical (unpaired) electrons. The van der Waals surface area contributed by atoms with Crippen molar-refractivity contribution in [3.63, 3.8) is 0 Å². The van der Waals surface area contributed by atoms with Crippen LogP contribution in [-0.2, 0) is 0 Å². The monoisotopic (exact) mass is 396 g/mol. The number of nitrogens with one attached hydrogen (secondary N) is 1. The number of aryl methyl sites for hydroxylation is 1. The molecule has 2 aromatic heterocycles. The molecule has 1 aliphatic rings. The first-order valence-electron chi connectivity index (χ1n) is 9.49. The molecule has 0 atom stereocenters. The summed E-state index contributed by atoms with van der Waals surface area (Å²) >= 11 is 1.53. The van der Waals surface area contributed by atoms with E-state index in [2.05, 4.69) is 44.0 Å². The minimum absolute atomic E-state index is 0.292. The molecule has 4 rings (SSSR count). The van der Waals surface area contributed by atoms with Crippen LogP contribution in [0.15, 0.2) is 47.6 Å². The molecular formula is C21H24N4O2S. The first-order chi connectivity index (χ1) is 13.6. The summed E-state index contributed by atoms with van der Waals surface area (Å²) in [5.74, 6) is -0.0769. The smallest absolute Gasteiger partial charge is 0.338 e. The molecule has 1 aromatic carbocycles. The lowest BCUT2D eigenvalue weighted by atomic mass is 10.2. The number of pyridine rings is 1. The maximum atomic E-state index is 11.4. The third-order valence-electron chi connectivity index (χ3n) is 5.16. The fourth-order valence-electron chi connectivity index (χ4n) is 3.63. The van der Waals surface area contributed by atoms with Gasteiger partial charge in [0.1, 0.15) is 5.03 Å². The number of piperazine rings is 1. The van der Waals surface area contributed by atoms with Crippen LogP contribution in [0.5, 0.6) is 0 Å². The predicted octanol–water partition coefficient (Wildman–Crippen LogP) is 3.48. The van der Waals surface area contributed by atoms with Crippen LogP contribution in [-0.4, -0.2) is 64.4 Å². The number of carboxylic acid groups (broad SMARTS) is 1. The maximum Gasteiger partial charge on any atom is 0.338 e. The number of anilines is 1. The van der Waals surface area contributed by atoms with Crippen molar-refractivity contribution in [2.24, 2.45) is 0 Å². The normalized spacial score (nSPS) is 15.2. The molecule has 1 saturated heterocycles. The van der Waals surface area contributed by atoms with Gasteiger partial charge < -0.3 is 15.0 Å². The molecule has 0 unspecified atom stereocenters. The molecule has 3 aromatic rings. The van der Waals surface area contributed by atoms with Crippen molar-refractivity contribution < 1.29 is 9.90 Å². The van der Waals surface area contributed by atoms with E-state index in [1.807, 2.05) is 13.1 Å². The van der Waals surface area contributed by atoms with Crippen molar-refractivity contribution in [2.45, 2.75) is 11.9 Å². The lowest BCUT2D eigenvalue weighted by Crippen LogP contribution is -2.47. The molecule has 0 spiro atoms. The number of nitrogens with zero attached hydrogens (tertiary/aromatic N) is 3. The Morgan fingerprint density at radius 1 is 1.18 bits per heavy atom. The second-order valence-corrected chi connectivity index (χ2v) is 8.09.